The fourth-order valence-electron chi connectivity index (χ4n) is 2.19. The van der Waals surface area contributed by atoms with Gasteiger partial charge in [-0.3, -0.25) is 0 Å². The Morgan fingerprint density at radius 1 is 1.53 bits per heavy atom. The Morgan fingerprint density at radius 2 is 2.33 bits per heavy atom. The molecule has 1 aromatic heterocycles. The van der Waals surface area contributed by atoms with E-state index < -0.39 is 0 Å². The van der Waals surface area contributed by atoms with Gasteiger partial charge in [-0.05, 0) is 25.2 Å². The van der Waals surface area contributed by atoms with Crippen LogP contribution in [-0.2, 0) is 6.54 Å². The third-order valence-electron chi connectivity index (χ3n) is 3.57. The molecule has 0 bridgehead atoms. The zero-order valence-electron chi connectivity index (χ0n) is 9.79. The van der Waals surface area contributed by atoms with Crippen LogP contribution in [0.25, 0.3) is 0 Å². The van der Waals surface area contributed by atoms with Crippen molar-refractivity contribution < 1.29 is 0 Å². The van der Waals surface area contributed by atoms with E-state index in [4.69, 9.17) is 0 Å². The summed E-state index contributed by atoms with van der Waals surface area (Å²) in [4.78, 5) is 4.21. The lowest BCUT2D eigenvalue weighted by Crippen LogP contribution is -2.38. The van der Waals surface area contributed by atoms with Crippen LogP contribution >= 0.6 is 0 Å². The summed E-state index contributed by atoms with van der Waals surface area (Å²) in [6.45, 7) is 7.68. The topological polar surface area (TPSA) is 29.9 Å². The van der Waals surface area contributed by atoms with Crippen molar-refractivity contribution in [2.45, 2.75) is 39.7 Å². The van der Waals surface area contributed by atoms with E-state index in [-0.39, 0.29) is 0 Å². The van der Waals surface area contributed by atoms with E-state index in [9.17, 15) is 0 Å². The average Bonchev–Trinajstić information content (AvgIpc) is 2.56. The fourth-order valence-corrected chi connectivity index (χ4v) is 2.19. The number of hydrogen-bond acceptors (Lipinski definition) is 2. The molecule has 1 saturated carbocycles. The summed E-state index contributed by atoms with van der Waals surface area (Å²) in [6.07, 6.45) is 8.11. The highest BCUT2D eigenvalue weighted by molar-refractivity contribution is 4.89. The minimum Gasteiger partial charge on any atom is -0.334 e. The summed E-state index contributed by atoms with van der Waals surface area (Å²) in [5, 5.41) is 3.54. The third-order valence-corrected chi connectivity index (χ3v) is 3.57. The van der Waals surface area contributed by atoms with Crippen LogP contribution < -0.4 is 5.32 Å². The maximum absolute atomic E-state index is 4.21. The molecule has 0 aliphatic heterocycles. The van der Waals surface area contributed by atoms with Crippen molar-refractivity contribution in [1.82, 2.24) is 14.9 Å². The number of nitrogens with one attached hydrogen (secondary N) is 1. The third kappa shape index (κ3) is 2.59. The minimum atomic E-state index is 0.587. The quantitative estimate of drug-likeness (QED) is 0.748. The van der Waals surface area contributed by atoms with E-state index >= 15 is 0 Å². The van der Waals surface area contributed by atoms with Crippen molar-refractivity contribution in [3.05, 3.63) is 18.2 Å². The number of imidazole rings is 1. The van der Waals surface area contributed by atoms with Gasteiger partial charge in [0.15, 0.2) is 0 Å². The van der Waals surface area contributed by atoms with Crippen LogP contribution in [0.4, 0.5) is 0 Å². The smallest absolute Gasteiger partial charge is 0.105 e. The monoisotopic (exact) mass is 207 g/mol. The minimum absolute atomic E-state index is 0.587. The van der Waals surface area contributed by atoms with Gasteiger partial charge < -0.3 is 9.88 Å². The molecule has 1 aliphatic carbocycles. The summed E-state index contributed by atoms with van der Waals surface area (Å²) in [5.41, 5.74) is 0.587. The predicted octanol–water partition coefficient (Wildman–Crippen LogP) is 1.97. The first-order chi connectivity index (χ1) is 7.20. The second-order valence-electron chi connectivity index (χ2n) is 5.01. The second kappa shape index (κ2) is 4.35. The summed E-state index contributed by atoms with van der Waals surface area (Å²) < 4.78 is 2.19. The van der Waals surface area contributed by atoms with Gasteiger partial charge in [0.25, 0.3) is 0 Å². The molecule has 0 radical (unpaired) electrons. The van der Waals surface area contributed by atoms with E-state index in [1.165, 1.54) is 25.8 Å². The lowest BCUT2D eigenvalue weighted by Gasteiger charge is -2.38. The van der Waals surface area contributed by atoms with Gasteiger partial charge in [-0.15, -0.1) is 0 Å². The fraction of sp³-hybridized carbons (Fsp3) is 0.750. The normalized spacial score (nSPS) is 18.8. The lowest BCUT2D eigenvalue weighted by molar-refractivity contribution is 0.156. The van der Waals surface area contributed by atoms with Gasteiger partial charge in [0.05, 0.1) is 0 Å². The van der Waals surface area contributed by atoms with Crippen molar-refractivity contribution in [2.75, 3.05) is 13.1 Å². The molecule has 0 aromatic carbocycles. The summed E-state index contributed by atoms with van der Waals surface area (Å²) in [5.74, 6) is 1.10. The van der Waals surface area contributed by atoms with Gasteiger partial charge in [-0.2, -0.15) is 0 Å². The van der Waals surface area contributed by atoms with Gasteiger partial charge in [-0.25, -0.2) is 4.98 Å². The van der Waals surface area contributed by atoms with E-state index in [0.29, 0.717) is 5.41 Å². The van der Waals surface area contributed by atoms with Crippen LogP contribution in [0.5, 0.6) is 0 Å². The zero-order valence-corrected chi connectivity index (χ0v) is 9.79. The van der Waals surface area contributed by atoms with Gasteiger partial charge >= 0.3 is 0 Å². The number of rotatable bonds is 5. The first-order valence-electron chi connectivity index (χ1n) is 5.88. The first kappa shape index (κ1) is 10.7. The van der Waals surface area contributed by atoms with Crippen molar-refractivity contribution >= 4 is 0 Å². The average molecular weight is 207 g/mol. The van der Waals surface area contributed by atoms with Crippen LogP contribution in [0, 0.1) is 12.3 Å². The molecule has 15 heavy (non-hydrogen) atoms. The van der Waals surface area contributed by atoms with E-state index in [1.807, 2.05) is 19.3 Å². The second-order valence-corrected chi connectivity index (χ2v) is 5.01. The van der Waals surface area contributed by atoms with Crippen LogP contribution in [0.2, 0.25) is 0 Å². The number of aryl methyl sites for hydroxylation is 1. The van der Waals surface area contributed by atoms with E-state index in [2.05, 4.69) is 21.8 Å². The van der Waals surface area contributed by atoms with Gasteiger partial charge in [-0.1, -0.05) is 13.3 Å². The van der Waals surface area contributed by atoms with Gasteiger partial charge in [0.1, 0.15) is 5.82 Å². The zero-order chi connectivity index (χ0) is 10.7. The van der Waals surface area contributed by atoms with Crippen molar-refractivity contribution in [3.8, 4) is 0 Å². The molecule has 84 valence electrons. The Kier molecular flexibility index (Phi) is 3.10. The highest BCUT2D eigenvalue weighted by atomic mass is 15.1. The number of nitrogens with zero attached hydrogens (tertiary/aromatic N) is 2. The Balaban J connectivity index is 1.65. The van der Waals surface area contributed by atoms with Crippen molar-refractivity contribution in [3.63, 3.8) is 0 Å². The molecule has 0 unspecified atom stereocenters. The predicted molar refractivity (Wildman–Crippen MR) is 61.8 cm³/mol. The molecule has 3 nitrogen and oxygen atoms in total. The van der Waals surface area contributed by atoms with Crippen molar-refractivity contribution in [1.29, 1.82) is 0 Å². The molecule has 3 heteroatoms. The van der Waals surface area contributed by atoms with Crippen LogP contribution in [0.3, 0.4) is 0 Å². The van der Waals surface area contributed by atoms with Gasteiger partial charge in [0, 0.05) is 32.0 Å². The van der Waals surface area contributed by atoms with Crippen LogP contribution in [0.15, 0.2) is 12.4 Å². The largest absolute Gasteiger partial charge is 0.334 e. The number of aromatic nitrogens is 2. The van der Waals surface area contributed by atoms with Crippen LogP contribution in [-0.4, -0.2) is 22.6 Å². The Labute approximate surface area is 91.9 Å². The molecule has 1 heterocycles. The van der Waals surface area contributed by atoms with Gasteiger partial charge in [0.2, 0.25) is 0 Å². The molecule has 0 atom stereocenters. The molecule has 0 saturated heterocycles. The molecule has 1 aromatic rings. The molecule has 1 aliphatic rings. The SMILES string of the molecule is Cc1nccn1CCNCC1(C)CCC1. The standard InChI is InChI=1S/C12H21N3/c1-11-14-7-9-15(11)8-6-13-10-12(2)4-3-5-12/h7,9,13H,3-6,8,10H2,1-2H3. The Hall–Kier alpha value is -0.830. The molecule has 1 N–H and O–H groups in total. The molecule has 0 amide bonds. The maximum Gasteiger partial charge on any atom is 0.105 e. The Morgan fingerprint density at radius 3 is 2.87 bits per heavy atom. The molecule has 1 fully saturated rings. The van der Waals surface area contributed by atoms with Crippen LogP contribution in [0.1, 0.15) is 32.0 Å². The highest BCUT2D eigenvalue weighted by Gasteiger charge is 2.30. The molecule has 0 spiro atoms. The Bertz CT molecular complexity index is 312. The van der Waals surface area contributed by atoms with E-state index in [1.54, 1.807) is 0 Å². The molecule has 2 rings (SSSR count). The molecular weight excluding hydrogens is 186 g/mol. The molecular formula is C12H21N3. The first-order valence-corrected chi connectivity index (χ1v) is 5.88. The summed E-state index contributed by atoms with van der Waals surface area (Å²) in [6, 6.07) is 0. The van der Waals surface area contributed by atoms with Crippen molar-refractivity contribution in [2.24, 2.45) is 5.41 Å². The summed E-state index contributed by atoms with van der Waals surface area (Å²) in [7, 11) is 0. The maximum atomic E-state index is 4.21. The lowest BCUT2D eigenvalue weighted by atomic mass is 9.70. The highest BCUT2D eigenvalue weighted by Crippen LogP contribution is 2.39. The number of hydrogen-bond donors (Lipinski definition) is 1. The summed E-state index contributed by atoms with van der Waals surface area (Å²) >= 11 is 0. The van der Waals surface area contributed by atoms with E-state index in [0.717, 1.165) is 18.9 Å².